The van der Waals surface area contributed by atoms with Gasteiger partial charge >= 0.3 is 18.1 Å². The average molecular weight is 746 g/mol. The topological polar surface area (TPSA) is 146 Å². The van der Waals surface area contributed by atoms with Crippen LogP contribution < -0.4 is 9.64 Å². The molecule has 54 heavy (non-hydrogen) atoms. The number of hydrogen-bond acceptors (Lipinski definition) is 7. The van der Waals surface area contributed by atoms with Crippen LogP contribution in [0.3, 0.4) is 0 Å². The molecule has 6 rings (SSSR count). The van der Waals surface area contributed by atoms with Crippen molar-refractivity contribution < 1.29 is 47.3 Å². The Bertz CT molecular complexity index is 2110. The van der Waals surface area contributed by atoms with Crippen molar-refractivity contribution in [2.75, 3.05) is 38.1 Å². The van der Waals surface area contributed by atoms with Gasteiger partial charge in [0.1, 0.15) is 11.4 Å². The van der Waals surface area contributed by atoms with Crippen LogP contribution in [0, 0.1) is 0 Å². The van der Waals surface area contributed by atoms with Crippen LogP contribution in [0.4, 0.5) is 18.9 Å². The van der Waals surface area contributed by atoms with Crippen molar-refractivity contribution in [3.63, 3.8) is 0 Å². The molecule has 3 aromatic carbocycles. The molecule has 1 aliphatic rings. The van der Waals surface area contributed by atoms with E-state index in [4.69, 9.17) is 24.5 Å². The second-order valence-electron chi connectivity index (χ2n) is 12.6. The largest absolute Gasteiger partial charge is 0.473 e. The van der Waals surface area contributed by atoms with Gasteiger partial charge in [0.05, 0.1) is 17.4 Å². The lowest BCUT2D eigenvalue weighted by atomic mass is 10.1. The molecule has 0 bridgehead atoms. The van der Waals surface area contributed by atoms with Gasteiger partial charge in [-0.15, -0.1) is 0 Å². The quantitative estimate of drug-likeness (QED) is 0.174. The van der Waals surface area contributed by atoms with Gasteiger partial charge in [-0.3, -0.25) is 14.5 Å². The number of rotatable bonds is 8. The summed E-state index contributed by atoms with van der Waals surface area (Å²) in [6.45, 7) is 5.97. The molecule has 3 heterocycles. The first kappa shape index (κ1) is 39.0. The van der Waals surface area contributed by atoms with E-state index in [1.54, 1.807) is 18.2 Å². The van der Waals surface area contributed by atoms with E-state index < -0.39 is 29.6 Å². The molecule has 0 atom stereocenters. The number of amides is 2. The van der Waals surface area contributed by atoms with E-state index in [-0.39, 0.29) is 11.5 Å². The number of ether oxygens (including phenoxy) is 1. The van der Waals surface area contributed by atoms with Crippen LogP contribution in [0.5, 0.6) is 11.6 Å². The molecule has 1 aliphatic heterocycles. The third-order valence-corrected chi connectivity index (χ3v) is 9.01. The van der Waals surface area contributed by atoms with E-state index >= 15 is 0 Å². The van der Waals surface area contributed by atoms with Crippen LogP contribution in [0.25, 0.3) is 10.9 Å². The number of alkyl halides is 3. The summed E-state index contributed by atoms with van der Waals surface area (Å²) in [5.74, 6) is -3.30. The van der Waals surface area contributed by atoms with Crippen LogP contribution in [0.1, 0.15) is 44.5 Å². The van der Waals surface area contributed by atoms with Gasteiger partial charge in [0.2, 0.25) is 5.88 Å². The lowest BCUT2D eigenvalue weighted by molar-refractivity contribution is -0.159. The number of anilines is 1. The second kappa shape index (κ2) is 16.6. The highest BCUT2D eigenvalue weighted by molar-refractivity contribution is 6.27. The van der Waals surface area contributed by atoms with Crippen molar-refractivity contribution >= 4 is 40.3 Å². The summed E-state index contributed by atoms with van der Waals surface area (Å²) in [7, 11) is 3.40. The summed E-state index contributed by atoms with van der Waals surface area (Å²) < 4.78 is 46.5. The van der Waals surface area contributed by atoms with E-state index in [0.717, 1.165) is 61.2 Å². The first-order valence-corrected chi connectivity index (χ1v) is 16.9. The summed E-state index contributed by atoms with van der Waals surface area (Å²) >= 11 is 0. The Labute approximate surface area is 308 Å². The van der Waals surface area contributed by atoms with Crippen LogP contribution in [0.15, 0.2) is 91.1 Å². The number of fused-ring (bicyclic) bond motifs is 1. The van der Waals surface area contributed by atoms with Gasteiger partial charge in [0, 0.05) is 69.4 Å². The maximum atomic E-state index is 13.6. The number of aliphatic carboxylic acids is 2. The molecule has 2 N–H and O–H groups in total. The van der Waals surface area contributed by atoms with E-state index in [1.165, 1.54) is 29.3 Å². The number of carboxylic acids is 2. The number of hydrogen-bond donors (Lipinski definition) is 2. The Morgan fingerprint density at radius 2 is 1.46 bits per heavy atom. The third-order valence-electron chi connectivity index (χ3n) is 9.01. The number of carbonyl (C=O) groups is 4. The monoisotopic (exact) mass is 745 g/mol. The maximum absolute atomic E-state index is 13.6. The fraction of sp³-hybridized carbons (Fsp3) is 0.256. The Kier molecular flexibility index (Phi) is 12.0. The van der Waals surface area contributed by atoms with Crippen molar-refractivity contribution in [3.8, 4) is 11.6 Å². The standard InChI is InChI=1S/C37H36F3N5O3.C2H2O4/c1-4-25-5-7-26(8-6-25)24-44-17-19-45(20-18-44)36(47)33-22-28-21-31(14-15-32(28)43(33)3)48-34-16-13-30(23-41-34)42(2)35(46)27-9-11-29(12-10-27)37(38,39)40;3-1(4)2(5)6/h5-16,21-23H,4,17-20,24H2,1-3H3;(H,3,4)(H,5,6). The minimum atomic E-state index is -4.48. The molecule has 2 aromatic heterocycles. The number of aromatic nitrogens is 2. The van der Waals surface area contributed by atoms with Gasteiger partial charge < -0.3 is 29.3 Å². The van der Waals surface area contributed by atoms with Gasteiger partial charge in [-0.05, 0) is 72.1 Å². The molecule has 0 saturated carbocycles. The lowest BCUT2D eigenvalue weighted by Gasteiger charge is -2.34. The number of halogens is 3. The predicted molar refractivity (Wildman–Crippen MR) is 194 cm³/mol. The number of piperazine rings is 1. The Morgan fingerprint density at radius 3 is 2.02 bits per heavy atom. The molecule has 282 valence electrons. The second-order valence-corrected chi connectivity index (χ2v) is 12.6. The number of carboxylic acid groups (broad SMARTS) is 2. The van der Waals surface area contributed by atoms with Crippen molar-refractivity contribution in [2.45, 2.75) is 26.1 Å². The summed E-state index contributed by atoms with van der Waals surface area (Å²) in [5.41, 5.74) is 3.86. The smallest absolute Gasteiger partial charge is 0.416 e. The molecule has 0 aliphatic carbocycles. The molecule has 2 amide bonds. The van der Waals surface area contributed by atoms with Crippen molar-refractivity contribution in [3.05, 3.63) is 119 Å². The zero-order valence-electron chi connectivity index (χ0n) is 29.7. The number of benzene rings is 3. The van der Waals surface area contributed by atoms with Crippen LogP contribution in [-0.4, -0.2) is 86.5 Å². The summed E-state index contributed by atoms with van der Waals surface area (Å²) in [6.07, 6.45) is -1.99. The zero-order chi connectivity index (χ0) is 39.2. The summed E-state index contributed by atoms with van der Waals surface area (Å²) in [4.78, 5) is 54.5. The van der Waals surface area contributed by atoms with Crippen molar-refractivity contribution in [1.29, 1.82) is 0 Å². The molecule has 1 saturated heterocycles. The van der Waals surface area contributed by atoms with Crippen LogP contribution in [0.2, 0.25) is 0 Å². The number of aryl methyl sites for hydroxylation is 2. The minimum absolute atomic E-state index is 0.00432. The van der Waals surface area contributed by atoms with E-state index in [9.17, 15) is 22.8 Å². The molecular weight excluding hydrogens is 707 g/mol. The normalized spacial score (nSPS) is 13.2. The molecule has 0 unspecified atom stereocenters. The molecule has 0 radical (unpaired) electrons. The SMILES string of the molecule is CCc1ccc(CN2CCN(C(=O)c3cc4cc(Oc5ccc(N(C)C(=O)c6ccc(C(F)(F)F)cc6)cn5)ccc4n3C)CC2)cc1.O=C(O)C(=O)O. The molecule has 1 fully saturated rings. The highest BCUT2D eigenvalue weighted by atomic mass is 19.4. The molecule has 5 aromatic rings. The van der Waals surface area contributed by atoms with Crippen molar-refractivity contribution in [2.24, 2.45) is 7.05 Å². The molecule has 12 nitrogen and oxygen atoms in total. The molecule has 0 spiro atoms. The minimum Gasteiger partial charge on any atom is -0.473 e. The van der Waals surface area contributed by atoms with Gasteiger partial charge in [-0.2, -0.15) is 13.2 Å². The zero-order valence-corrected chi connectivity index (χ0v) is 29.7. The summed E-state index contributed by atoms with van der Waals surface area (Å²) in [5, 5.41) is 15.6. The van der Waals surface area contributed by atoms with Crippen LogP contribution in [-0.2, 0) is 35.8 Å². The Morgan fingerprint density at radius 1 is 0.833 bits per heavy atom. The number of pyridine rings is 1. The fourth-order valence-electron chi connectivity index (χ4n) is 5.87. The third kappa shape index (κ3) is 9.41. The van der Waals surface area contributed by atoms with Gasteiger partial charge in [-0.1, -0.05) is 31.2 Å². The van der Waals surface area contributed by atoms with Crippen LogP contribution >= 0.6 is 0 Å². The molecular formula is C39H38F3N5O7. The van der Waals surface area contributed by atoms with Gasteiger partial charge in [0.15, 0.2) is 0 Å². The highest BCUT2D eigenvalue weighted by Crippen LogP contribution is 2.30. The van der Waals surface area contributed by atoms with Gasteiger partial charge in [0.25, 0.3) is 11.8 Å². The summed E-state index contributed by atoms with van der Waals surface area (Å²) in [6, 6.07) is 23.5. The van der Waals surface area contributed by atoms with Crippen molar-refractivity contribution in [1.82, 2.24) is 19.4 Å². The first-order valence-electron chi connectivity index (χ1n) is 16.9. The number of nitrogens with zero attached hydrogens (tertiary/aromatic N) is 5. The predicted octanol–water partition coefficient (Wildman–Crippen LogP) is 6.34. The first-order chi connectivity index (χ1) is 25.6. The fourth-order valence-corrected chi connectivity index (χ4v) is 5.87. The Balaban J connectivity index is 0.000000864. The highest BCUT2D eigenvalue weighted by Gasteiger charge is 2.30. The number of carbonyl (C=O) groups excluding carboxylic acids is 2. The van der Waals surface area contributed by atoms with Gasteiger partial charge in [-0.25, -0.2) is 14.6 Å². The lowest BCUT2D eigenvalue weighted by Crippen LogP contribution is -2.48. The van der Waals surface area contributed by atoms with E-state index in [2.05, 4.69) is 41.1 Å². The Hall–Kier alpha value is -6.22. The van der Waals surface area contributed by atoms with E-state index in [0.29, 0.717) is 36.1 Å². The average Bonchev–Trinajstić information content (AvgIpc) is 3.49. The van der Waals surface area contributed by atoms with E-state index in [1.807, 2.05) is 34.7 Å². The molecule has 15 heteroatoms. The maximum Gasteiger partial charge on any atom is 0.416 e.